The molecule has 0 bridgehead atoms. The van der Waals surface area contributed by atoms with E-state index in [1.54, 1.807) is 16.1 Å². The average Bonchev–Trinajstić information content (AvgIpc) is 2.48. The predicted molar refractivity (Wildman–Crippen MR) is 81.9 cm³/mol. The Balaban J connectivity index is 2.00. The minimum Gasteiger partial charge on any atom is -0.329 e. The van der Waals surface area contributed by atoms with E-state index in [0.717, 1.165) is 38.5 Å². The molecule has 2 N–H and O–H groups in total. The molecule has 0 amide bonds. The zero-order valence-corrected chi connectivity index (χ0v) is 13.4. The molecule has 0 aromatic carbocycles. The monoisotopic (exact) mass is 306 g/mol. The van der Waals surface area contributed by atoms with Crippen LogP contribution in [0.5, 0.6) is 0 Å². The summed E-state index contributed by atoms with van der Waals surface area (Å²) in [4.78, 5) is 0. The molecule has 0 aromatic rings. The number of hydrogen-bond acceptors (Lipinski definition) is 4. The SMILES string of the molecule is CSC1(CN)CCN(S(=O)(=O)C2CCCCC2)CC1. The number of nitrogens with zero attached hydrogens (tertiary/aromatic N) is 1. The van der Waals surface area contributed by atoms with Crippen LogP contribution in [0.25, 0.3) is 0 Å². The average molecular weight is 306 g/mol. The summed E-state index contributed by atoms with van der Waals surface area (Å²) >= 11 is 1.79. The first-order chi connectivity index (χ1) is 9.04. The maximum atomic E-state index is 12.6. The molecule has 1 aliphatic carbocycles. The van der Waals surface area contributed by atoms with Crippen LogP contribution in [-0.2, 0) is 10.0 Å². The van der Waals surface area contributed by atoms with E-state index in [1.165, 1.54) is 6.42 Å². The second-order valence-corrected chi connectivity index (χ2v) is 9.28. The van der Waals surface area contributed by atoms with Crippen LogP contribution in [0.4, 0.5) is 0 Å². The van der Waals surface area contributed by atoms with Crippen molar-refractivity contribution in [3.63, 3.8) is 0 Å². The molecular weight excluding hydrogens is 280 g/mol. The fourth-order valence-electron chi connectivity index (χ4n) is 3.21. The molecule has 1 saturated heterocycles. The molecule has 4 nitrogen and oxygen atoms in total. The standard InChI is InChI=1S/C13H26N2O2S2/c1-18-13(11-14)7-9-15(10-8-13)19(16,17)12-5-3-2-4-6-12/h12H,2-11,14H2,1H3. The van der Waals surface area contributed by atoms with Crippen molar-refractivity contribution in [1.29, 1.82) is 0 Å². The van der Waals surface area contributed by atoms with E-state index >= 15 is 0 Å². The van der Waals surface area contributed by atoms with Gasteiger partial charge in [0.15, 0.2) is 0 Å². The van der Waals surface area contributed by atoms with Crippen LogP contribution in [-0.4, -0.2) is 48.6 Å². The number of nitrogens with two attached hydrogens (primary N) is 1. The Morgan fingerprint density at radius 2 is 1.79 bits per heavy atom. The van der Waals surface area contributed by atoms with Gasteiger partial charge in [0.2, 0.25) is 10.0 Å². The maximum absolute atomic E-state index is 12.6. The highest BCUT2D eigenvalue weighted by molar-refractivity contribution is 8.00. The van der Waals surface area contributed by atoms with Crippen LogP contribution in [0.1, 0.15) is 44.9 Å². The van der Waals surface area contributed by atoms with Crippen molar-refractivity contribution >= 4 is 21.8 Å². The van der Waals surface area contributed by atoms with Crippen molar-refractivity contribution in [3.05, 3.63) is 0 Å². The van der Waals surface area contributed by atoms with Crippen molar-refractivity contribution in [2.45, 2.75) is 54.9 Å². The van der Waals surface area contributed by atoms with E-state index in [2.05, 4.69) is 6.26 Å². The van der Waals surface area contributed by atoms with Crippen LogP contribution in [0.15, 0.2) is 0 Å². The first-order valence-corrected chi connectivity index (χ1v) is 10.0. The Kier molecular flexibility index (Phi) is 5.20. The van der Waals surface area contributed by atoms with Gasteiger partial charge in [0, 0.05) is 24.4 Å². The quantitative estimate of drug-likeness (QED) is 0.860. The predicted octanol–water partition coefficient (Wildman–Crippen LogP) is 1.81. The maximum Gasteiger partial charge on any atom is 0.216 e. The number of rotatable bonds is 4. The molecule has 1 saturated carbocycles. The van der Waals surface area contributed by atoms with E-state index in [0.29, 0.717) is 19.6 Å². The van der Waals surface area contributed by atoms with Gasteiger partial charge in [-0.15, -0.1) is 0 Å². The molecule has 6 heteroatoms. The lowest BCUT2D eigenvalue weighted by Gasteiger charge is -2.40. The minimum absolute atomic E-state index is 0.0958. The van der Waals surface area contributed by atoms with Crippen LogP contribution >= 0.6 is 11.8 Å². The molecular formula is C13H26N2O2S2. The molecule has 112 valence electrons. The van der Waals surface area contributed by atoms with Gasteiger partial charge in [0.05, 0.1) is 5.25 Å². The molecule has 1 heterocycles. The molecule has 0 unspecified atom stereocenters. The van der Waals surface area contributed by atoms with Gasteiger partial charge in [0.25, 0.3) is 0 Å². The van der Waals surface area contributed by atoms with E-state index in [4.69, 9.17) is 5.73 Å². The molecule has 0 aromatic heterocycles. The summed E-state index contributed by atoms with van der Waals surface area (Å²) < 4.78 is 27.1. The zero-order valence-electron chi connectivity index (χ0n) is 11.8. The Hall–Kier alpha value is 0.220. The van der Waals surface area contributed by atoms with Crippen molar-refractivity contribution < 1.29 is 8.42 Å². The second-order valence-electron chi connectivity index (χ2n) is 5.80. The Labute approximate surface area is 121 Å². The van der Waals surface area contributed by atoms with Gasteiger partial charge in [-0.25, -0.2) is 12.7 Å². The normalized spacial score (nSPS) is 26.4. The molecule has 0 radical (unpaired) electrons. The summed E-state index contributed by atoms with van der Waals surface area (Å²) in [6.07, 6.45) is 8.87. The van der Waals surface area contributed by atoms with Crippen molar-refractivity contribution in [1.82, 2.24) is 4.31 Å². The fraction of sp³-hybridized carbons (Fsp3) is 1.00. The molecule has 1 aliphatic heterocycles. The third-order valence-corrected chi connectivity index (χ3v) is 8.61. The first kappa shape index (κ1) is 15.6. The number of sulfonamides is 1. The largest absolute Gasteiger partial charge is 0.329 e. The molecule has 0 atom stereocenters. The van der Waals surface area contributed by atoms with Gasteiger partial charge in [-0.2, -0.15) is 11.8 Å². The van der Waals surface area contributed by atoms with E-state index < -0.39 is 10.0 Å². The fourth-order valence-corrected chi connectivity index (χ4v) is 6.01. The Morgan fingerprint density at radius 3 is 2.26 bits per heavy atom. The minimum atomic E-state index is -3.07. The molecule has 2 rings (SSSR count). The lowest BCUT2D eigenvalue weighted by atomic mass is 9.97. The van der Waals surface area contributed by atoms with E-state index in [-0.39, 0.29) is 10.00 Å². The van der Waals surface area contributed by atoms with Crippen LogP contribution < -0.4 is 5.73 Å². The molecule has 2 fully saturated rings. The van der Waals surface area contributed by atoms with Crippen molar-refractivity contribution in [3.8, 4) is 0 Å². The highest BCUT2D eigenvalue weighted by atomic mass is 32.2. The Bertz CT molecular complexity index is 377. The topological polar surface area (TPSA) is 63.4 Å². The van der Waals surface area contributed by atoms with E-state index in [9.17, 15) is 8.42 Å². The molecule has 2 aliphatic rings. The molecule has 0 spiro atoms. The van der Waals surface area contributed by atoms with Gasteiger partial charge in [-0.1, -0.05) is 19.3 Å². The first-order valence-electron chi connectivity index (χ1n) is 7.28. The van der Waals surface area contributed by atoms with Crippen LogP contribution in [0.2, 0.25) is 0 Å². The van der Waals surface area contributed by atoms with Gasteiger partial charge in [-0.05, 0) is 31.9 Å². The van der Waals surface area contributed by atoms with Crippen LogP contribution in [0, 0.1) is 0 Å². The summed E-state index contributed by atoms with van der Waals surface area (Å²) in [5, 5.41) is -0.124. The van der Waals surface area contributed by atoms with Gasteiger partial charge in [-0.3, -0.25) is 0 Å². The van der Waals surface area contributed by atoms with Crippen molar-refractivity contribution in [2.75, 3.05) is 25.9 Å². The Morgan fingerprint density at radius 1 is 1.21 bits per heavy atom. The lowest BCUT2D eigenvalue weighted by Crippen LogP contribution is -2.50. The van der Waals surface area contributed by atoms with Crippen LogP contribution in [0.3, 0.4) is 0 Å². The van der Waals surface area contributed by atoms with Gasteiger partial charge in [0.1, 0.15) is 0 Å². The van der Waals surface area contributed by atoms with Gasteiger partial charge < -0.3 is 5.73 Å². The third-order valence-electron chi connectivity index (χ3n) is 4.77. The van der Waals surface area contributed by atoms with Crippen molar-refractivity contribution in [2.24, 2.45) is 5.73 Å². The second kappa shape index (κ2) is 6.33. The summed E-state index contributed by atoms with van der Waals surface area (Å²) in [5.74, 6) is 0. The third kappa shape index (κ3) is 3.28. The zero-order chi connectivity index (χ0) is 13.9. The highest BCUT2D eigenvalue weighted by Crippen LogP contribution is 2.36. The van der Waals surface area contributed by atoms with Gasteiger partial charge >= 0.3 is 0 Å². The summed E-state index contributed by atoms with van der Waals surface area (Å²) in [7, 11) is -3.07. The summed E-state index contributed by atoms with van der Waals surface area (Å²) in [5.41, 5.74) is 5.86. The van der Waals surface area contributed by atoms with E-state index in [1.807, 2.05) is 0 Å². The lowest BCUT2D eigenvalue weighted by molar-refractivity contribution is 0.295. The summed E-state index contributed by atoms with van der Waals surface area (Å²) in [6.45, 7) is 1.94. The smallest absolute Gasteiger partial charge is 0.216 e. The number of thioether (sulfide) groups is 1. The summed E-state index contributed by atoms with van der Waals surface area (Å²) in [6, 6.07) is 0. The highest BCUT2D eigenvalue weighted by Gasteiger charge is 2.39. The molecule has 19 heavy (non-hydrogen) atoms. The number of piperidine rings is 1. The number of hydrogen-bond donors (Lipinski definition) is 1.